The fraction of sp³-hybridized carbons (Fsp3) is 0.481. The van der Waals surface area contributed by atoms with E-state index in [4.69, 9.17) is 0 Å². The summed E-state index contributed by atoms with van der Waals surface area (Å²) in [4.78, 5) is 0. The van der Waals surface area contributed by atoms with E-state index in [9.17, 15) is 0 Å². The maximum absolute atomic E-state index is 2.38. The third-order valence-corrected chi connectivity index (χ3v) is 6.31. The number of aryl methyl sites for hydroxylation is 1. The van der Waals surface area contributed by atoms with Crippen molar-refractivity contribution in [1.82, 2.24) is 0 Å². The number of benzene rings is 2. The van der Waals surface area contributed by atoms with Crippen LogP contribution in [0.4, 0.5) is 0 Å². The summed E-state index contributed by atoms with van der Waals surface area (Å²) in [6.07, 6.45) is 16.4. The van der Waals surface area contributed by atoms with Crippen molar-refractivity contribution in [3.63, 3.8) is 0 Å². The van der Waals surface area contributed by atoms with Crippen LogP contribution >= 0.6 is 0 Å². The molecule has 0 amide bonds. The first-order valence-electron chi connectivity index (χ1n) is 11.1. The van der Waals surface area contributed by atoms with Gasteiger partial charge in [0, 0.05) is 0 Å². The molecule has 3 rings (SSSR count). The van der Waals surface area contributed by atoms with Crippen LogP contribution in [0, 0.1) is 5.92 Å². The van der Waals surface area contributed by atoms with Crippen molar-refractivity contribution in [2.45, 2.75) is 77.6 Å². The smallest absolute Gasteiger partial charge is 0.0162 e. The van der Waals surface area contributed by atoms with Gasteiger partial charge in [0.2, 0.25) is 0 Å². The molecule has 0 heteroatoms. The third-order valence-electron chi connectivity index (χ3n) is 6.31. The lowest BCUT2D eigenvalue weighted by Gasteiger charge is -2.28. The largest absolute Gasteiger partial charge is 0.0917 e. The minimum atomic E-state index is 0.772. The highest BCUT2D eigenvalue weighted by atomic mass is 14.3. The molecule has 0 unspecified atom stereocenters. The first-order chi connectivity index (χ1) is 13.3. The number of hydrogen-bond acceptors (Lipinski definition) is 0. The van der Waals surface area contributed by atoms with Crippen molar-refractivity contribution in [2.24, 2.45) is 5.92 Å². The summed E-state index contributed by atoms with van der Waals surface area (Å²) in [5, 5.41) is 0. The second kappa shape index (κ2) is 10.5. The summed E-state index contributed by atoms with van der Waals surface area (Å²) in [6, 6.07) is 18.6. The summed E-state index contributed by atoms with van der Waals surface area (Å²) in [5.74, 6) is 1.72. The van der Waals surface area contributed by atoms with Crippen molar-refractivity contribution in [3.05, 3.63) is 71.8 Å². The van der Waals surface area contributed by atoms with Gasteiger partial charge >= 0.3 is 0 Å². The normalized spacial score (nSPS) is 20.2. The van der Waals surface area contributed by atoms with Gasteiger partial charge in [0.15, 0.2) is 0 Å². The van der Waals surface area contributed by atoms with Gasteiger partial charge in [0.05, 0.1) is 0 Å². The van der Waals surface area contributed by atoms with E-state index in [1.807, 2.05) is 0 Å². The molecule has 2 aromatic rings. The minimum Gasteiger partial charge on any atom is -0.0917 e. The molecule has 0 spiro atoms. The Hall–Kier alpha value is -1.82. The molecule has 27 heavy (non-hydrogen) atoms. The van der Waals surface area contributed by atoms with Crippen molar-refractivity contribution in [1.29, 1.82) is 0 Å². The molecule has 144 valence electrons. The fourth-order valence-electron chi connectivity index (χ4n) is 4.48. The quantitative estimate of drug-likeness (QED) is 0.415. The zero-order valence-corrected chi connectivity index (χ0v) is 17.3. The molecule has 1 aliphatic carbocycles. The van der Waals surface area contributed by atoms with Gasteiger partial charge in [-0.1, -0.05) is 74.0 Å². The minimum absolute atomic E-state index is 0.772. The average molecular weight is 361 g/mol. The van der Waals surface area contributed by atoms with Crippen molar-refractivity contribution in [3.8, 4) is 11.1 Å². The number of hydrogen-bond donors (Lipinski definition) is 0. The van der Waals surface area contributed by atoms with Crippen LogP contribution in [0.5, 0.6) is 0 Å². The predicted molar refractivity (Wildman–Crippen MR) is 119 cm³/mol. The number of rotatable bonds is 8. The summed E-state index contributed by atoms with van der Waals surface area (Å²) in [7, 11) is 0. The van der Waals surface area contributed by atoms with E-state index in [1.165, 1.54) is 74.5 Å². The molecule has 0 aromatic heterocycles. The summed E-state index contributed by atoms with van der Waals surface area (Å²) in [6.45, 7) is 4.38. The molecule has 0 saturated heterocycles. The molecule has 0 bridgehead atoms. The molecule has 0 nitrogen and oxygen atoms in total. The Balaban J connectivity index is 1.54. The zero-order valence-electron chi connectivity index (χ0n) is 17.3. The highest BCUT2D eigenvalue weighted by Crippen LogP contribution is 2.38. The molecule has 1 fully saturated rings. The van der Waals surface area contributed by atoms with Crippen LogP contribution in [0.2, 0.25) is 0 Å². The maximum atomic E-state index is 2.38. The standard InChI is InChI=1S/C27H36/c1-3-5-7-9-23-12-16-25(17-13-23)27-20-18-26(19-21-27)24-14-10-22(11-15-24)8-6-4-2/h3,5,10-11,14-15,18-21,23,25H,4,6-9,12-13,16-17H2,1-2H3/b5-3+. The van der Waals surface area contributed by atoms with Gasteiger partial charge in [-0.25, -0.2) is 0 Å². The van der Waals surface area contributed by atoms with E-state index in [2.05, 4.69) is 74.5 Å². The van der Waals surface area contributed by atoms with Gasteiger partial charge in [-0.15, -0.1) is 0 Å². The SMILES string of the molecule is C/C=C/CCC1CCC(c2ccc(-c3ccc(CCCC)cc3)cc2)CC1. The monoisotopic (exact) mass is 360 g/mol. The molecule has 0 heterocycles. The average Bonchev–Trinajstić information content (AvgIpc) is 2.73. The van der Waals surface area contributed by atoms with E-state index in [1.54, 1.807) is 5.56 Å². The first kappa shape index (κ1) is 19.9. The van der Waals surface area contributed by atoms with Gasteiger partial charge in [0.1, 0.15) is 0 Å². The fourth-order valence-corrected chi connectivity index (χ4v) is 4.48. The summed E-state index contributed by atoms with van der Waals surface area (Å²) < 4.78 is 0. The van der Waals surface area contributed by atoms with Crippen molar-refractivity contribution >= 4 is 0 Å². The molecule has 0 radical (unpaired) electrons. The van der Waals surface area contributed by atoms with Crippen LogP contribution in [0.15, 0.2) is 60.7 Å². The Labute approximate surface area is 166 Å². The van der Waals surface area contributed by atoms with Crippen molar-refractivity contribution < 1.29 is 0 Å². The van der Waals surface area contributed by atoms with Crippen LogP contribution in [-0.4, -0.2) is 0 Å². The summed E-state index contributed by atoms with van der Waals surface area (Å²) >= 11 is 0. The van der Waals surface area contributed by atoms with Gasteiger partial charge < -0.3 is 0 Å². The Morgan fingerprint density at radius 1 is 0.852 bits per heavy atom. The lowest BCUT2D eigenvalue weighted by atomic mass is 9.77. The van der Waals surface area contributed by atoms with Crippen LogP contribution in [-0.2, 0) is 6.42 Å². The Kier molecular flexibility index (Phi) is 7.75. The maximum Gasteiger partial charge on any atom is -0.0162 e. The molecule has 0 atom stereocenters. The number of allylic oxidation sites excluding steroid dienone is 2. The van der Waals surface area contributed by atoms with Gasteiger partial charge in [-0.2, -0.15) is 0 Å². The topological polar surface area (TPSA) is 0 Å². The van der Waals surface area contributed by atoms with Gasteiger partial charge in [-0.3, -0.25) is 0 Å². The number of unbranched alkanes of at least 4 members (excludes halogenated alkanes) is 1. The second-order valence-electron chi connectivity index (χ2n) is 8.29. The predicted octanol–water partition coefficient (Wildman–Crippen LogP) is 8.33. The van der Waals surface area contributed by atoms with Crippen LogP contribution in [0.1, 0.15) is 82.3 Å². The van der Waals surface area contributed by atoms with E-state index in [-0.39, 0.29) is 0 Å². The van der Waals surface area contributed by atoms with Crippen LogP contribution < -0.4 is 0 Å². The van der Waals surface area contributed by atoms with Crippen molar-refractivity contribution in [2.75, 3.05) is 0 Å². The second-order valence-corrected chi connectivity index (χ2v) is 8.29. The van der Waals surface area contributed by atoms with E-state index in [0.29, 0.717) is 0 Å². The molecule has 1 saturated carbocycles. The first-order valence-corrected chi connectivity index (χ1v) is 11.1. The van der Waals surface area contributed by atoms with E-state index in [0.717, 1.165) is 11.8 Å². The highest BCUT2D eigenvalue weighted by Gasteiger charge is 2.21. The highest BCUT2D eigenvalue weighted by molar-refractivity contribution is 5.64. The zero-order chi connectivity index (χ0) is 18.9. The van der Waals surface area contributed by atoms with Crippen LogP contribution in [0.3, 0.4) is 0 Å². The Morgan fingerprint density at radius 2 is 1.48 bits per heavy atom. The lowest BCUT2D eigenvalue weighted by Crippen LogP contribution is -2.13. The van der Waals surface area contributed by atoms with E-state index >= 15 is 0 Å². The third kappa shape index (κ3) is 5.83. The molecule has 0 aliphatic heterocycles. The van der Waals surface area contributed by atoms with Crippen LogP contribution in [0.25, 0.3) is 11.1 Å². The Morgan fingerprint density at radius 3 is 2.07 bits per heavy atom. The van der Waals surface area contributed by atoms with Gasteiger partial charge in [0.25, 0.3) is 0 Å². The molecular weight excluding hydrogens is 324 g/mol. The molecule has 2 aromatic carbocycles. The van der Waals surface area contributed by atoms with E-state index < -0.39 is 0 Å². The molecule has 0 N–H and O–H groups in total. The molecule has 1 aliphatic rings. The molecular formula is C27H36. The van der Waals surface area contributed by atoms with Gasteiger partial charge in [-0.05, 0) is 92.4 Å². The summed E-state index contributed by atoms with van der Waals surface area (Å²) in [5.41, 5.74) is 5.70. The Bertz CT molecular complexity index is 682. The lowest BCUT2D eigenvalue weighted by molar-refractivity contribution is 0.312.